The molecule has 0 bridgehead atoms. The monoisotopic (exact) mass is 366 g/mol. The van der Waals surface area contributed by atoms with Crippen LogP contribution < -0.4 is 5.73 Å². The fraction of sp³-hybridized carbons (Fsp3) is 0.500. The van der Waals surface area contributed by atoms with Gasteiger partial charge in [-0.15, -0.1) is 0 Å². The van der Waals surface area contributed by atoms with Crippen molar-refractivity contribution in [2.24, 2.45) is 5.73 Å². The number of rotatable bonds is 2. The number of hydrogen-bond donors (Lipinski definition) is 1. The number of sulfonamides is 1. The molecule has 0 saturated carbocycles. The van der Waals surface area contributed by atoms with Gasteiger partial charge in [-0.05, 0) is 38.0 Å². The third-order valence-corrected chi connectivity index (χ3v) is 6.33. The molecule has 0 radical (unpaired) electrons. The zero-order valence-corrected chi connectivity index (χ0v) is 13.7. The van der Waals surface area contributed by atoms with Gasteiger partial charge in [-0.25, -0.2) is 8.42 Å². The summed E-state index contributed by atoms with van der Waals surface area (Å²) in [6, 6.07) is 4.77. The minimum Gasteiger partial charge on any atom is -0.328 e. The van der Waals surface area contributed by atoms with E-state index in [1.54, 1.807) is 12.1 Å². The summed E-state index contributed by atoms with van der Waals surface area (Å²) in [4.78, 5) is 0.152. The lowest BCUT2D eigenvalue weighted by Gasteiger charge is -2.35. The molecule has 1 aromatic rings. The largest absolute Gasteiger partial charge is 0.328 e. The van der Waals surface area contributed by atoms with Gasteiger partial charge in [0.2, 0.25) is 10.0 Å². The van der Waals surface area contributed by atoms with Gasteiger partial charge in [0.25, 0.3) is 0 Å². The minimum atomic E-state index is -3.56. The van der Waals surface area contributed by atoms with Gasteiger partial charge in [0, 0.05) is 23.1 Å². The van der Waals surface area contributed by atoms with E-state index in [1.165, 1.54) is 10.4 Å². The number of nitrogens with zero attached hydrogens (tertiary/aromatic N) is 1. The van der Waals surface area contributed by atoms with E-state index in [-0.39, 0.29) is 22.0 Å². The van der Waals surface area contributed by atoms with Crippen molar-refractivity contribution in [2.45, 2.75) is 36.7 Å². The molecule has 7 heteroatoms. The fourth-order valence-electron chi connectivity index (χ4n) is 2.35. The maximum Gasteiger partial charge on any atom is 0.244 e. The van der Waals surface area contributed by atoms with Crippen LogP contribution in [0.25, 0.3) is 0 Å². The SMILES string of the molecule is C[C@@H]1C[C@@H](N)CCN1S(=O)(=O)c1ccc(Br)cc1Cl. The Morgan fingerprint density at radius 3 is 2.74 bits per heavy atom. The first-order chi connectivity index (χ1) is 8.82. The molecule has 2 N–H and O–H groups in total. The summed E-state index contributed by atoms with van der Waals surface area (Å²) in [5.41, 5.74) is 5.87. The zero-order valence-electron chi connectivity index (χ0n) is 10.5. The van der Waals surface area contributed by atoms with Gasteiger partial charge in [0.15, 0.2) is 0 Å². The van der Waals surface area contributed by atoms with E-state index in [9.17, 15) is 8.42 Å². The number of halogens is 2. The quantitative estimate of drug-likeness (QED) is 0.874. The molecule has 1 aromatic carbocycles. The summed E-state index contributed by atoms with van der Waals surface area (Å²) in [5, 5.41) is 0.233. The highest BCUT2D eigenvalue weighted by molar-refractivity contribution is 9.10. The molecule has 4 nitrogen and oxygen atoms in total. The smallest absolute Gasteiger partial charge is 0.244 e. The number of hydrogen-bond acceptors (Lipinski definition) is 3. The predicted molar refractivity (Wildman–Crippen MR) is 79.7 cm³/mol. The van der Waals surface area contributed by atoms with E-state index in [2.05, 4.69) is 15.9 Å². The average Bonchev–Trinajstić information content (AvgIpc) is 2.27. The van der Waals surface area contributed by atoms with Crippen molar-refractivity contribution in [2.75, 3.05) is 6.54 Å². The zero-order chi connectivity index (χ0) is 14.2. The van der Waals surface area contributed by atoms with Gasteiger partial charge in [-0.3, -0.25) is 0 Å². The van der Waals surface area contributed by atoms with E-state index in [4.69, 9.17) is 17.3 Å². The van der Waals surface area contributed by atoms with Gasteiger partial charge < -0.3 is 5.73 Å². The normalized spacial score (nSPS) is 25.5. The maximum atomic E-state index is 12.6. The van der Waals surface area contributed by atoms with Crippen LogP contribution in [-0.2, 0) is 10.0 Å². The van der Waals surface area contributed by atoms with Crippen LogP contribution in [0, 0.1) is 0 Å². The van der Waals surface area contributed by atoms with Crippen molar-refractivity contribution in [1.82, 2.24) is 4.31 Å². The van der Waals surface area contributed by atoms with Crippen LogP contribution in [0.5, 0.6) is 0 Å². The van der Waals surface area contributed by atoms with Crippen LogP contribution in [-0.4, -0.2) is 31.4 Å². The maximum absolute atomic E-state index is 12.6. The van der Waals surface area contributed by atoms with Crippen molar-refractivity contribution in [3.63, 3.8) is 0 Å². The summed E-state index contributed by atoms with van der Waals surface area (Å²) in [6.45, 7) is 2.32. The Kier molecular flexibility index (Phi) is 4.57. The highest BCUT2D eigenvalue weighted by atomic mass is 79.9. The Balaban J connectivity index is 2.37. The second-order valence-corrected chi connectivity index (χ2v) is 8.01. The molecule has 1 heterocycles. The highest BCUT2D eigenvalue weighted by Crippen LogP contribution is 2.30. The molecule has 0 aromatic heterocycles. The molecule has 0 unspecified atom stereocenters. The first-order valence-electron chi connectivity index (χ1n) is 6.05. The summed E-state index contributed by atoms with van der Waals surface area (Å²) in [7, 11) is -3.56. The summed E-state index contributed by atoms with van der Waals surface area (Å²) in [6.07, 6.45) is 1.35. The third-order valence-electron chi connectivity index (χ3n) is 3.34. The summed E-state index contributed by atoms with van der Waals surface area (Å²) in [5.74, 6) is 0. The molecule has 0 aliphatic carbocycles. The molecule has 106 valence electrons. The standard InChI is InChI=1S/C12H16BrClN2O2S/c1-8-6-10(15)4-5-16(8)19(17,18)12-3-2-9(13)7-11(12)14/h2-3,7-8,10H,4-6,15H2,1H3/t8-,10+/m1/s1. The molecular weight excluding hydrogens is 352 g/mol. The van der Waals surface area contributed by atoms with Gasteiger partial charge >= 0.3 is 0 Å². The van der Waals surface area contributed by atoms with Gasteiger partial charge in [-0.2, -0.15) is 4.31 Å². The van der Waals surface area contributed by atoms with E-state index in [0.717, 1.165) is 4.47 Å². The Morgan fingerprint density at radius 1 is 1.47 bits per heavy atom. The molecule has 0 amide bonds. The molecule has 0 spiro atoms. The molecule has 2 atom stereocenters. The van der Waals surface area contributed by atoms with Crippen LogP contribution in [0.3, 0.4) is 0 Å². The van der Waals surface area contributed by atoms with Crippen molar-refractivity contribution in [1.29, 1.82) is 0 Å². The number of benzene rings is 1. The molecular formula is C12H16BrClN2O2S. The van der Waals surface area contributed by atoms with Gasteiger partial charge in [-0.1, -0.05) is 27.5 Å². The van der Waals surface area contributed by atoms with Gasteiger partial charge in [0.05, 0.1) is 5.02 Å². The van der Waals surface area contributed by atoms with Gasteiger partial charge in [0.1, 0.15) is 4.90 Å². The van der Waals surface area contributed by atoms with Crippen molar-refractivity contribution >= 4 is 37.6 Å². The Hall–Kier alpha value is -0.140. The highest BCUT2D eigenvalue weighted by Gasteiger charge is 2.34. The van der Waals surface area contributed by atoms with Crippen LogP contribution in [0.15, 0.2) is 27.6 Å². The Bertz CT molecular complexity index is 579. The van der Waals surface area contributed by atoms with E-state index < -0.39 is 10.0 Å². The minimum absolute atomic E-state index is 0.0711. The molecule has 1 fully saturated rings. The van der Waals surface area contributed by atoms with Crippen LogP contribution in [0.4, 0.5) is 0 Å². The van der Waals surface area contributed by atoms with Crippen molar-refractivity contribution in [3.05, 3.63) is 27.7 Å². The van der Waals surface area contributed by atoms with Crippen molar-refractivity contribution in [3.8, 4) is 0 Å². The van der Waals surface area contributed by atoms with Crippen LogP contribution >= 0.6 is 27.5 Å². The van der Waals surface area contributed by atoms with Crippen molar-refractivity contribution < 1.29 is 8.42 Å². The first-order valence-corrected chi connectivity index (χ1v) is 8.66. The lowest BCUT2D eigenvalue weighted by Crippen LogP contribution is -2.48. The Labute approximate surface area is 127 Å². The summed E-state index contributed by atoms with van der Waals surface area (Å²) >= 11 is 9.32. The average molecular weight is 368 g/mol. The second kappa shape index (κ2) is 5.69. The number of nitrogens with two attached hydrogens (primary N) is 1. The van der Waals surface area contributed by atoms with E-state index in [1.807, 2.05) is 6.92 Å². The predicted octanol–water partition coefficient (Wildman–Crippen LogP) is 2.60. The molecule has 1 saturated heterocycles. The molecule has 2 rings (SSSR count). The fourth-order valence-corrected chi connectivity index (χ4v) is 5.02. The van der Waals surface area contributed by atoms with Crippen LogP contribution in [0.1, 0.15) is 19.8 Å². The molecule has 1 aliphatic rings. The molecule has 1 aliphatic heterocycles. The third kappa shape index (κ3) is 3.13. The lowest BCUT2D eigenvalue weighted by molar-refractivity contribution is 0.247. The van der Waals surface area contributed by atoms with E-state index in [0.29, 0.717) is 19.4 Å². The number of piperidine rings is 1. The second-order valence-electron chi connectivity index (χ2n) is 4.82. The van der Waals surface area contributed by atoms with Crippen LogP contribution in [0.2, 0.25) is 5.02 Å². The van der Waals surface area contributed by atoms with E-state index >= 15 is 0 Å². The summed E-state index contributed by atoms with van der Waals surface area (Å²) < 4.78 is 27.5. The lowest BCUT2D eigenvalue weighted by atomic mass is 10.0. The molecule has 19 heavy (non-hydrogen) atoms. The Morgan fingerprint density at radius 2 is 2.16 bits per heavy atom. The first kappa shape index (κ1) is 15.3. The topological polar surface area (TPSA) is 63.4 Å².